The van der Waals surface area contributed by atoms with E-state index in [0.29, 0.717) is 19.5 Å². The summed E-state index contributed by atoms with van der Waals surface area (Å²) in [6, 6.07) is 18.1. The summed E-state index contributed by atoms with van der Waals surface area (Å²) in [5, 5.41) is 0. The maximum Gasteiger partial charge on any atom is 0.227 e. The highest BCUT2D eigenvalue weighted by Gasteiger charge is 2.22. The molecule has 0 saturated carbocycles. The Labute approximate surface area is 163 Å². The Hall–Kier alpha value is -3.28. The Morgan fingerprint density at radius 1 is 0.929 bits per heavy atom. The van der Waals surface area contributed by atoms with E-state index in [0.717, 1.165) is 35.7 Å². The standard InChI is InChI=1S/C22H21FN4O/c23-19-8-6-17(7-9-19)14-22(28)27-12-10-26(11-13-27)21-15-20(24-16-25-21)18-4-2-1-3-5-18/h1-9,15-16H,10-14H2. The molecule has 0 unspecified atom stereocenters. The fourth-order valence-electron chi connectivity index (χ4n) is 3.36. The first kappa shape index (κ1) is 18.1. The number of benzene rings is 2. The minimum Gasteiger partial charge on any atom is -0.353 e. The molecule has 1 aromatic heterocycles. The summed E-state index contributed by atoms with van der Waals surface area (Å²) in [6.07, 6.45) is 1.88. The van der Waals surface area contributed by atoms with Gasteiger partial charge in [-0.1, -0.05) is 42.5 Å². The number of anilines is 1. The molecule has 1 saturated heterocycles. The number of nitrogens with zero attached hydrogens (tertiary/aromatic N) is 4. The topological polar surface area (TPSA) is 49.3 Å². The smallest absolute Gasteiger partial charge is 0.227 e. The van der Waals surface area contributed by atoms with Gasteiger partial charge in [0, 0.05) is 37.8 Å². The van der Waals surface area contributed by atoms with Crippen molar-refractivity contribution in [3.63, 3.8) is 0 Å². The van der Waals surface area contributed by atoms with Crippen molar-refractivity contribution in [3.05, 3.63) is 78.4 Å². The van der Waals surface area contributed by atoms with Gasteiger partial charge in [0.25, 0.3) is 0 Å². The first-order valence-electron chi connectivity index (χ1n) is 9.34. The molecule has 4 rings (SSSR count). The first-order valence-corrected chi connectivity index (χ1v) is 9.34. The summed E-state index contributed by atoms with van der Waals surface area (Å²) in [5.41, 5.74) is 2.77. The highest BCUT2D eigenvalue weighted by Crippen LogP contribution is 2.21. The maximum atomic E-state index is 13.0. The summed E-state index contributed by atoms with van der Waals surface area (Å²) in [4.78, 5) is 25.3. The fourth-order valence-corrected chi connectivity index (χ4v) is 3.36. The fraction of sp³-hybridized carbons (Fsp3) is 0.227. The van der Waals surface area contributed by atoms with E-state index in [4.69, 9.17) is 0 Å². The van der Waals surface area contributed by atoms with Crippen LogP contribution in [0.25, 0.3) is 11.3 Å². The highest BCUT2D eigenvalue weighted by molar-refractivity contribution is 5.79. The number of carbonyl (C=O) groups is 1. The molecule has 2 aromatic carbocycles. The van der Waals surface area contributed by atoms with Crippen molar-refractivity contribution < 1.29 is 9.18 Å². The van der Waals surface area contributed by atoms with Crippen LogP contribution in [0.4, 0.5) is 10.2 Å². The van der Waals surface area contributed by atoms with Crippen LogP contribution in [0.1, 0.15) is 5.56 Å². The SMILES string of the molecule is O=C(Cc1ccc(F)cc1)N1CCN(c2cc(-c3ccccc3)ncn2)CC1. The monoisotopic (exact) mass is 376 g/mol. The minimum absolute atomic E-state index is 0.0684. The molecule has 0 atom stereocenters. The number of rotatable bonds is 4. The molecule has 1 aliphatic heterocycles. The molecule has 1 amide bonds. The molecule has 0 spiro atoms. The van der Waals surface area contributed by atoms with Crippen molar-refractivity contribution >= 4 is 11.7 Å². The van der Waals surface area contributed by atoms with E-state index in [1.807, 2.05) is 41.3 Å². The Bertz CT molecular complexity index is 938. The third kappa shape index (κ3) is 4.17. The maximum absolute atomic E-state index is 13.0. The second-order valence-electron chi connectivity index (χ2n) is 6.80. The highest BCUT2D eigenvalue weighted by atomic mass is 19.1. The van der Waals surface area contributed by atoms with Crippen LogP contribution in [0.15, 0.2) is 67.0 Å². The molecule has 1 fully saturated rings. The molecule has 0 bridgehead atoms. The Balaban J connectivity index is 1.37. The lowest BCUT2D eigenvalue weighted by Gasteiger charge is -2.35. The van der Waals surface area contributed by atoms with Gasteiger partial charge in [-0.2, -0.15) is 0 Å². The zero-order valence-corrected chi connectivity index (χ0v) is 15.5. The molecule has 6 heteroatoms. The summed E-state index contributed by atoms with van der Waals surface area (Å²) < 4.78 is 13.0. The molecular weight excluding hydrogens is 355 g/mol. The zero-order chi connectivity index (χ0) is 19.3. The van der Waals surface area contributed by atoms with Gasteiger partial charge in [-0.05, 0) is 17.7 Å². The van der Waals surface area contributed by atoms with E-state index in [2.05, 4.69) is 14.9 Å². The van der Waals surface area contributed by atoms with E-state index >= 15 is 0 Å². The van der Waals surface area contributed by atoms with Crippen molar-refractivity contribution in [2.24, 2.45) is 0 Å². The average Bonchev–Trinajstić information content (AvgIpc) is 2.76. The van der Waals surface area contributed by atoms with E-state index < -0.39 is 0 Å². The lowest BCUT2D eigenvalue weighted by Crippen LogP contribution is -2.49. The molecule has 1 aliphatic rings. The van der Waals surface area contributed by atoms with Crippen molar-refractivity contribution in [1.29, 1.82) is 0 Å². The number of piperazine rings is 1. The molecular formula is C22H21FN4O. The number of carbonyl (C=O) groups excluding carboxylic acids is 1. The predicted molar refractivity (Wildman–Crippen MR) is 106 cm³/mol. The third-order valence-electron chi connectivity index (χ3n) is 4.95. The zero-order valence-electron chi connectivity index (χ0n) is 15.5. The van der Waals surface area contributed by atoms with Gasteiger partial charge in [0.2, 0.25) is 5.91 Å². The number of amides is 1. The summed E-state index contributed by atoms with van der Waals surface area (Å²) in [7, 11) is 0. The molecule has 28 heavy (non-hydrogen) atoms. The lowest BCUT2D eigenvalue weighted by molar-refractivity contribution is -0.130. The van der Waals surface area contributed by atoms with Gasteiger partial charge in [0.05, 0.1) is 12.1 Å². The van der Waals surface area contributed by atoms with Crippen molar-refractivity contribution in [2.75, 3.05) is 31.1 Å². The first-order chi connectivity index (χ1) is 13.7. The summed E-state index contributed by atoms with van der Waals surface area (Å²) in [6.45, 7) is 2.73. The average molecular weight is 376 g/mol. The van der Waals surface area contributed by atoms with Gasteiger partial charge in [-0.3, -0.25) is 4.79 Å². The van der Waals surface area contributed by atoms with Crippen molar-refractivity contribution in [2.45, 2.75) is 6.42 Å². The summed E-state index contributed by atoms with van der Waals surface area (Å²) >= 11 is 0. The Morgan fingerprint density at radius 2 is 1.64 bits per heavy atom. The molecule has 0 radical (unpaired) electrons. The number of hydrogen-bond donors (Lipinski definition) is 0. The molecule has 5 nitrogen and oxygen atoms in total. The van der Waals surface area contributed by atoms with Crippen molar-refractivity contribution in [3.8, 4) is 11.3 Å². The molecule has 142 valence electrons. The second-order valence-corrected chi connectivity index (χ2v) is 6.80. The normalized spacial score (nSPS) is 14.2. The molecule has 0 aliphatic carbocycles. The van der Waals surface area contributed by atoms with E-state index in [9.17, 15) is 9.18 Å². The van der Waals surface area contributed by atoms with Crippen LogP contribution in [0, 0.1) is 5.82 Å². The van der Waals surface area contributed by atoms with Crippen LogP contribution in [-0.2, 0) is 11.2 Å². The largest absolute Gasteiger partial charge is 0.353 e. The number of aromatic nitrogens is 2. The number of halogens is 1. The Morgan fingerprint density at radius 3 is 2.36 bits per heavy atom. The molecule has 0 N–H and O–H groups in total. The Kier molecular flexibility index (Phi) is 5.28. The van der Waals surface area contributed by atoms with Crippen LogP contribution in [0.3, 0.4) is 0 Å². The van der Waals surface area contributed by atoms with Gasteiger partial charge >= 0.3 is 0 Å². The number of hydrogen-bond acceptors (Lipinski definition) is 4. The third-order valence-corrected chi connectivity index (χ3v) is 4.95. The van der Waals surface area contributed by atoms with Crippen LogP contribution in [0.2, 0.25) is 0 Å². The van der Waals surface area contributed by atoms with Crippen LogP contribution in [-0.4, -0.2) is 47.0 Å². The second kappa shape index (κ2) is 8.17. The van der Waals surface area contributed by atoms with Crippen LogP contribution >= 0.6 is 0 Å². The van der Waals surface area contributed by atoms with E-state index in [1.54, 1.807) is 18.5 Å². The molecule has 3 aromatic rings. The van der Waals surface area contributed by atoms with Gasteiger partial charge in [-0.25, -0.2) is 14.4 Å². The van der Waals surface area contributed by atoms with Gasteiger partial charge in [0.15, 0.2) is 0 Å². The van der Waals surface area contributed by atoms with E-state index in [1.165, 1.54) is 12.1 Å². The van der Waals surface area contributed by atoms with Crippen molar-refractivity contribution in [1.82, 2.24) is 14.9 Å². The predicted octanol–water partition coefficient (Wildman–Crippen LogP) is 3.17. The van der Waals surface area contributed by atoms with Gasteiger partial charge in [0.1, 0.15) is 18.0 Å². The summed E-state index contributed by atoms with van der Waals surface area (Å²) in [5.74, 6) is 0.656. The molecule has 2 heterocycles. The quantitative estimate of drug-likeness (QED) is 0.702. The minimum atomic E-state index is -0.287. The van der Waals surface area contributed by atoms with E-state index in [-0.39, 0.29) is 11.7 Å². The lowest BCUT2D eigenvalue weighted by atomic mass is 10.1. The van der Waals surface area contributed by atoms with Gasteiger partial charge in [-0.15, -0.1) is 0 Å². The van der Waals surface area contributed by atoms with Crippen LogP contribution in [0.5, 0.6) is 0 Å². The van der Waals surface area contributed by atoms with Gasteiger partial charge < -0.3 is 9.80 Å². The van der Waals surface area contributed by atoms with Crippen LogP contribution < -0.4 is 4.90 Å².